The molecule has 1 saturated heterocycles. The number of hydrogen-bond acceptors (Lipinski definition) is 3. The molecule has 2 aromatic rings. The number of rotatable bonds is 2. The monoisotopic (exact) mass is 323 g/mol. The molecule has 122 valence electrons. The molecule has 0 unspecified atom stereocenters. The van der Waals surface area contributed by atoms with Gasteiger partial charge in [-0.05, 0) is 50.1 Å². The van der Waals surface area contributed by atoms with Crippen LogP contribution in [0.15, 0.2) is 35.9 Å². The van der Waals surface area contributed by atoms with E-state index >= 15 is 0 Å². The molecule has 4 amide bonds. The Bertz CT molecular complexity index is 884. The van der Waals surface area contributed by atoms with Crippen molar-refractivity contribution in [3.8, 4) is 5.69 Å². The molecule has 0 atom stereocenters. The molecular weight excluding hydrogens is 306 g/mol. The second kappa shape index (κ2) is 5.81. The Kier molecular flexibility index (Phi) is 3.81. The summed E-state index contributed by atoms with van der Waals surface area (Å²) in [7, 11) is 0. The van der Waals surface area contributed by atoms with Crippen LogP contribution < -0.4 is 10.6 Å². The van der Waals surface area contributed by atoms with Crippen molar-refractivity contribution in [3.05, 3.63) is 58.4 Å². The Labute approximate surface area is 139 Å². The van der Waals surface area contributed by atoms with Crippen molar-refractivity contribution >= 4 is 23.9 Å². The maximum atomic E-state index is 11.9. The SMILES string of the molecule is Cc1ccccc1-n1c(C)cc(C=C2C(=O)NC(=O)NC2=O)c1C. The lowest BCUT2D eigenvalue weighted by Crippen LogP contribution is -2.51. The van der Waals surface area contributed by atoms with Gasteiger partial charge in [0.2, 0.25) is 0 Å². The molecule has 0 radical (unpaired) electrons. The molecule has 2 heterocycles. The van der Waals surface area contributed by atoms with E-state index in [9.17, 15) is 14.4 Å². The molecule has 6 heteroatoms. The topological polar surface area (TPSA) is 80.2 Å². The number of aryl methyl sites for hydroxylation is 2. The van der Waals surface area contributed by atoms with E-state index in [0.717, 1.165) is 28.2 Å². The van der Waals surface area contributed by atoms with Crippen LogP contribution in [0.5, 0.6) is 0 Å². The maximum Gasteiger partial charge on any atom is 0.328 e. The van der Waals surface area contributed by atoms with Crippen LogP contribution in [0.2, 0.25) is 0 Å². The molecule has 2 N–H and O–H groups in total. The summed E-state index contributed by atoms with van der Waals surface area (Å²) < 4.78 is 2.07. The molecule has 24 heavy (non-hydrogen) atoms. The first-order chi connectivity index (χ1) is 11.4. The van der Waals surface area contributed by atoms with Gasteiger partial charge in [-0.3, -0.25) is 20.2 Å². The number of para-hydroxylation sites is 1. The third-order valence-corrected chi connectivity index (χ3v) is 4.07. The first kappa shape index (κ1) is 15.7. The second-order valence-electron chi connectivity index (χ2n) is 5.74. The molecule has 1 fully saturated rings. The minimum atomic E-state index is -0.799. The number of aromatic nitrogens is 1. The van der Waals surface area contributed by atoms with Crippen LogP contribution in [-0.4, -0.2) is 22.4 Å². The average Bonchev–Trinajstić information content (AvgIpc) is 2.78. The van der Waals surface area contributed by atoms with Crippen LogP contribution in [0.25, 0.3) is 11.8 Å². The van der Waals surface area contributed by atoms with Crippen LogP contribution >= 0.6 is 0 Å². The first-order valence-electron chi connectivity index (χ1n) is 7.52. The average molecular weight is 323 g/mol. The minimum absolute atomic E-state index is 0.0837. The quantitative estimate of drug-likeness (QED) is 0.656. The van der Waals surface area contributed by atoms with Crippen molar-refractivity contribution in [1.82, 2.24) is 15.2 Å². The normalized spacial score (nSPS) is 14.5. The van der Waals surface area contributed by atoms with Crippen molar-refractivity contribution in [2.75, 3.05) is 0 Å². The Morgan fingerprint density at radius 2 is 1.58 bits per heavy atom. The number of carbonyl (C=O) groups excluding carboxylic acids is 3. The standard InChI is InChI=1S/C18H17N3O3/c1-10-6-4-5-7-15(10)21-11(2)8-13(12(21)3)9-14-16(22)19-18(24)20-17(14)23/h4-9H,1-3H3,(H2,19,20,22,23,24). The highest BCUT2D eigenvalue weighted by molar-refractivity contribution is 6.31. The van der Waals surface area contributed by atoms with E-state index in [1.165, 1.54) is 6.08 Å². The third-order valence-electron chi connectivity index (χ3n) is 4.07. The van der Waals surface area contributed by atoms with E-state index < -0.39 is 17.8 Å². The fourth-order valence-corrected chi connectivity index (χ4v) is 2.88. The zero-order valence-corrected chi connectivity index (χ0v) is 13.6. The van der Waals surface area contributed by atoms with Gasteiger partial charge in [-0.2, -0.15) is 0 Å². The molecule has 0 aliphatic carbocycles. The largest absolute Gasteiger partial charge is 0.328 e. The zero-order valence-electron chi connectivity index (χ0n) is 13.6. The number of nitrogens with one attached hydrogen (secondary N) is 2. The summed E-state index contributed by atoms with van der Waals surface area (Å²) in [5.74, 6) is -1.38. The lowest BCUT2D eigenvalue weighted by atomic mass is 10.1. The van der Waals surface area contributed by atoms with Crippen molar-refractivity contribution in [3.63, 3.8) is 0 Å². The Hall–Kier alpha value is -3.15. The van der Waals surface area contributed by atoms with Gasteiger partial charge in [0.05, 0.1) is 0 Å². The van der Waals surface area contributed by atoms with Gasteiger partial charge in [-0.1, -0.05) is 18.2 Å². The highest BCUT2D eigenvalue weighted by Crippen LogP contribution is 2.25. The van der Waals surface area contributed by atoms with E-state index in [1.54, 1.807) is 0 Å². The molecule has 1 aliphatic rings. The third kappa shape index (κ3) is 2.62. The lowest BCUT2D eigenvalue weighted by Gasteiger charge is -2.14. The van der Waals surface area contributed by atoms with Gasteiger partial charge in [-0.15, -0.1) is 0 Å². The molecule has 1 aliphatic heterocycles. The highest BCUT2D eigenvalue weighted by Gasteiger charge is 2.28. The van der Waals surface area contributed by atoms with Crippen LogP contribution in [0.4, 0.5) is 4.79 Å². The molecule has 1 aromatic heterocycles. The van der Waals surface area contributed by atoms with E-state index in [0.29, 0.717) is 0 Å². The number of amides is 4. The maximum absolute atomic E-state index is 11.9. The number of hydrogen-bond donors (Lipinski definition) is 2. The smallest absolute Gasteiger partial charge is 0.318 e. The van der Waals surface area contributed by atoms with Gasteiger partial charge < -0.3 is 4.57 Å². The lowest BCUT2D eigenvalue weighted by molar-refractivity contribution is -0.123. The second-order valence-corrected chi connectivity index (χ2v) is 5.74. The van der Waals surface area contributed by atoms with E-state index in [2.05, 4.69) is 15.2 Å². The van der Waals surface area contributed by atoms with Gasteiger partial charge in [-0.25, -0.2) is 4.79 Å². The number of carbonyl (C=O) groups is 3. The van der Waals surface area contributed by atoms with Gasteiger partial charge in [0.1, 0.15) is 5.57 Å². The number of benzene rings is 1. The van der Waals surface area contributed by atoms with Crippen LogP contribution in [0, 0.1) is 20.8 Å². The van der Waals surface area contributed by atoms with Gasteiger partial charge >= 0.3 is 6.03 Å². The van der Waals surface area contributed by atoms with Crippen LogP contribution in [-0.2, 0) is 9.59 Å². The van der Waals surface area contributed by atoms with Gasteiger partial charge in [0.15, 0.2) is 0 Å². The predicted octanol–water partition coefficient (Wildman–Crippen LogP) is 2.15. The molecule has 0 spiro atoms. The molecule has 0 saturated carbocycles. The summed E-state index contributed by atoms with van der Waals surface area (Å²) in [5.41, 5.74) is 4.74. The predicted molar refractivity (Wildman–Crippen MR) is 89.6 cm³/mol. The number of nitrogens with zero attached hydrogens (tertiary/aromatic N) is 1. The molecule has 0 bridgehead atoms. The highest BCUT2D eigenvalue weighted by atomic mass is 16.2. The molecule has 1 aromatic carbocycles. The molecule has 3 rings (SSSR count). The number of barbiturate groups is 1. The van der Waals surface area contributed by atoms with E-state index in [4.69, 9.17) is 0 Å². The summed E-state index contributed by atoms with van der Waals surface area (Å²) in [5, 5.41) is 4.15. The zero-order chi connectivity index (χ0) is 17.4. The van der Waals surface area contributed by atoms with E-state index in [-0.39, 0.29) is 5.57 Å². The van der Waals surface area contributed by atoms with Crippen molar-refractivity contribution in [2.45, 2.75) is 20.8 Å². The fraction of sp³-hybridized carbons (Fsp3) is 0.167. The Morgan fingerprint density at radius 1 is 0.958 bits per heavy atom. The minimum Gasteiger partial charge on any atom is -0.318 e. The van der Waals surface area contributed by atoms with Crippen molar-refractivity contribution in [2.24, 2.45) is 0 Å². The van der Waals surface area contributed by atoms with Crippen LogP contribution in [0.3, 0.4) is 0 Å². The van der Waals surface area contributed by atoms with Crippen molar-refractivity contribution < 1.29 is 14.4 Å². The summed E-state index contributed by atoms with van der Waals surface area (Å²) >= 11 is 0. The summed E-state index contributed by atoms with van der Waals surface area (Å²) in [6, 6.07) is 9.10. The van der Waals surface area contributed by atoms with E-state index in [1.807, 2.05) is 51.1 Å². The van der Waals surface area contributed by atoms with Crippen molar-refractivity contribution in [1.29, 1.82) is 0 Å². The summed E-state index contributed by atoms with van der Waals surface area (Å²) in [4.78, 5) is 34.9. The molecular formula is C18H17N3O3. The fourth-order valence-electron chi connectivity index (χ4n) is 2.88. The molecule has 6 nitrogen and oxygen atoms in total. The Morgan fingerprint density at radius 3 is 2.21 bits per heavy atom. The summed E-state index contributed by atoms with van der Waals surface area (Å²) in [6.45, 7) is 5.92. The number of imide groups is 2. The first-order valence-corrected chi connectivity index (χ1v) is 7.52. The van der Waals surface area contributed by atoms with Crippen LogP contribution in [0.1, 0.15) is 22.5 Å². The van der Waals surface area contributed by atoms with Gasteiger partial charge in [0, 0.05) is 17.1 Å². The van der Waals surface area contributed by atoms with Gasteiger partial charge in [0.25, 0.3) is 11.8 Å². The Balaban J connectivity index is 2.09. The number of urea groups is 1. The summed E-state index contributed by atoms with van der Waals surface area (Å²) in [6.07, 6.45) is 1.51.